The van der Waals surface area contributed by atoms with Crippen LogP contribution in [0.15, 0.2) is 18.2 Å². The summed E-state index contributed by atoms with van der Waals surface area (Å²) in [5.74, 6) is 0.137. The predicted molar refractivity (Wildman–Crippen MR) is 75.0 cm³/mol. The van der Waals surface area contributed by atoms with E-state index < -0.39 is 12.0 Å². The second kappa shape index (κ2) is 5.71. The maximum absolute atomic E-state index is 11.4. The largest absolute Gasteiger partial charge is 0.508 e. The monoisotopic (exact) mass is 279 g/mol. The van der Waals surface area contributed by atoms with Crippen LogP contribution in [0.1, 0.15) is 31.9 Å². The van der Waals surface area contributed by atoms with Gasteiger partial charge in [0.1, 0.15) is 17.5 Å². The van der Waals surface area contributed by atoms with Crippen molar-refractivity contribution in [1.29, 1.82) is 0 Å². The van der Waals surface area contributed by atoms with Gasteiger partial charge < -0.3 is 14.9 Å². The van der Waals surface area contributed by atoms with E-state index in [-0.39, 0.29) is 17.7 Å². The molecule has 0 bridgehead atoms. The topological polar surface area (TPSA) is 70.0 Å². The molecule has 3 atom stereocenters. The number of carbonyl (C=O) groups is 1. The molecule has 2 N–H and O–H groups in total. The molecule has 0 radical (unpaired) electrons. The van der Waals surface area contributed by atoms with Crippen LogP contribution < -0.4 is 4.74 Å². The van der Waals surface area contributed by atoms with E-state index in [1.54, 1.807) is 25.3 Å². The number of aliphatic carboxylic acids is 1. The number of phenols is 1. The number of rotatable bonds is 4. The number of hydrogen-bond donors (Lipinski definition) is 2. The molecule has 1 aliphatic heterocycles. The zero-order valence-electron chi connectivity index (χ0n) is 12.0. The number of aromatic hydroxyl groups is 1. The maximum atomic E-state index is 11.4. The predicted octanol–water partition coefficient (Wildman–Crippen LogP) is 2.26. The maximum Gasteiger partial charge on any atom is 0.321 e. The number of benzene rings is 1. The number of methoxy groups -OCH3 is 1. The Morgan fingerprint density at radius 1 is 1.50 bits per heavy atom. The van der Waals surface area contributed by atoms with Gasteiger partial charge in [-0.15, -0.1) is 0 Å². The zero-order chi connectivity index (χ0) is 14.9. The van der Waals surface area contributed by atoms with E-state index in [1.165, 1.54) is 0 Å². The highest BCUT2D eigenvalue weighted by Gasteiger charge is 2.39. The van der Waals surface area contributed by atoms with Crippen LogP contribution in [0.3, 0.4) is 0 Å². The standard InChI is InChI=1S/C15H21NO4/c1-9-6-7-16(14(9)15(18)19)10(2)12-8-11(20-3)4-5-13(12)17/h4-5,8-10,14,17H,6-7H2,1-3H3,(H,18,19). The van der Waals surface area contributed by atoms with Gasteiger partial charge in [-0.05, 0) is 44.0 Å². The minimum Gasteiger partial charge on any atom is -0.508 e. The first-order valence-electron chi connectivity index (χ1n) is 6.81. The SMILES string of the molecule is COc1ccc(O)c(C(C)N2CCC(C)C2C(=O)O)c1. The van der Waals surface area contributed by atoms with E-state index in [9.17, 15) is 15.0 Å². The fourth-order valence-electron chi connectivity index (χ4n) is 2.97. The summed E-state index contributed by atoms with van der Waals surface area (Å²) in [7, 11) is 1.57. The molecule has 0 amide bonds. The van der Waals surface area contributed by atoms with Gasteiger partial charge >= 0.3 is 5.97 Å². The van der Waals surface area contributed by atoms with Crippen LogP contribution in [0.5, 0.6) is 11.5 Å². The summed E-state index contributed by atoms with van der Waals surface area (Å²) < 4.78 is 5.17. The van der Waals surface area contributed by atoms with Gasteiger partial charge in [0.2, 0.25) is 0 Å². The van der Waals surface area contributed by atoms with Crippen LogP contribution in [0, 0.1) is 5.92 Å². The molecule has 1 aliphatic rings. The van der Waals surface area contributed by atoms with Gasteiger partial charge in [0.25, 0.3) is 0 Å². The molecular weight excluding hydrogens is 258 g/mol. The lowest BCUT2D eigenvalue weighted by Crippen LogP contribution is -2.40. The highest BCUT2D eigenvalue weighted by molar-refractivity contribution is 5.74. The zero-order valence-corrected chi connectivity index (χ0v) is 12.0. The Balaban J connectivity index is 2.31. The number of carboxylic acids is 1. The van der Waals surface area contributed by atoms with Crippen LogP contribution in [-0.2, 0) is 4.79 Å². The number of ether oxygens (including phenoxy) is 1. The molecule has 1 fully saturated rings. The summed E-state index contributed by atoms with van der Waals surface area (Å²) in [5.41, 5.74) is 0.699. The lowest BCUT2D eigenvalue weighted by atomic mass is 10.0. The van der Waals surface area contributed by atoms with Crippen molar-refractivity contribution in [2.24, 2.45) is 5.92 Å². The summed E-state index contributed by atoms with van der Waals surface area (Å²) in [4.78, 5) is 13.4. The first-order chi connectivity index (χ1) is 9.45. The van der Waals surface area contributed by atoms with Gasteiger partial charge in [-0.3, -0.25) is 9.69 Å². The van der Waals surface area contributed by atoms with Crippen molar-refractivity contribution in [3.05, 3.63) is 23.8 Å². The van der Waals surface area contributed by atoms with Gasteiger partial charge in [0.15, 0.2) is 0 Å². The van der Waals surface area contributed by atoms with Crippen molar-refractivity contribution < 1.29 is 19.7 Å². The third-order valence-corrected chi connectivity index (χ3v) is 4.17. The Hall–Kier alpha value is -1.75. The molecular formula is C15H21NO4. The molecule has 0 saturated carbocycles. The third kappa shape index (κ3) is 2.58. The Kier molecular flexibility index (Phi) is 4.18. The molecule has 0 spiro atoms. The molecule has 5 nitrogen and oxygen atoms in total. The smallest absolute Gasteiger partial charge is 0.321 e. The molecule has 2 rings (SSSR count). The number of likely N-dealkylation sites (tertiary alicyclic amines) is 1. The van der Waals surface area contributed by atoms with Gasteiger partial charge in [0.05, 0.1) is 7.11 Å². The normalized spacial score (nSPS) is 24.6. The van der Waals surface area contributed by atoms with Crippen molar-refractivity contribution in [2.75, 3.05) is 13.7 Å². The molecule has 3 unspecified atom stereocenters. The Labute approximate surface area is 118 Å². The summed E-state index contributed by atoms with van der Waals surface area (Å²) in [6.07, 6.45) is 0.853. The van der Waals surface area contributed by atoms with Crippen molar-refractivity contribution >= 4 is 5.97 Å². The van der Waals surface area contributed by atoms with Crippen LogP contribution in [0.2, 0.25) is 0 Å². The third-order valence-electron chi connectivity index (χ3n) is 4.17. The highest BCUT2D eigenvalue weighted by atomic mass is 16.5. The summed E-state index contributed by atoms with van der Waals surface area (Å²) in [6, 6.07) is 4.36. The molecule has 20 heavy (non-hydrogen) atoms. The highest BCUT2D eigenvalue weighted by Crippen LogP contribution is 2.37. The van der Waals surface area contributed by atoms with Crippen LogP contribution in [-0.4, -0.2) is 40.8 Å². The fraction of sp³-hybridized carbons (Fsp3) is 0.533. The summed E-state index contributed by atoms with van der Waals surface area (Å²) in [5, 5.41) is 19.4. The van der Waals surface area contributed by atoms with Gasteiger partial charge in [-0.1, -0.05) is 6.92 Å². The van der Waals surface area contributed by atoms with Crippen molar-refractivity contribution in [2.45, 2.75) is 32.4 Å². The first-order valence-corrected chi connectivity index (χ1v) is 6.81. The van der Waals surface area contributed by atoms with E-state index >= 15 is 0 Å². The minimum atomic E-state index is -0.802. The molecule has 110 valence electrons. The van der Waals surface area contributed by atoms with Crippen LogP contribution in [0.25, 0.3) is 0 Å². The Morgan fingerprint density at radius 2 is 2.20 bits per heavy atom. The molecule has 1 aromatic rings. The molecule has 1 aromatic carbocycles. The van der Waals surface area contributed by atoms with E-state index in [0.29, 0.717) is 11.3 Å². The lowest BCUT2D eigenvalue weighted by molar-refractivity contribution is -0.144. The minimum absolute atomic E-state index is 0.114. The Bertz CT molecular complexity index is 503. The number of nitrogens with zero attached hydrogens (tertiary/aromatic N) is 1. The number of hydrogen-bond acceptors (Lipinski definition) is 4. The van der Waals surface area contributed by atoms with E-state index in [4.69, 9.17) is 4.74 Å². The van der Waals surface area contributed by atoms with Crippen molar-refractivity contribution in [3.8, 4) is 11.5 Å². The van der Waals surface area contributed by atoms with E-state index in [2.05, 4.69) is 0 Å². The van der Waals surface area contributed by atoms with Crippen LogP contribution >= 0.6 is 0 Å². The lowest BCUT2D eigenvalue weighted by Gasteiger charge is -2.30. The quantitative estimate of drug-likeness (QED) is 0.884. The average molecular weight is 279 g/mol. The van der Waals surface area contributed by atoms with E-state index in [0.717, 1.165) is 13.0 Å². The summed E-state index contributed by atoms with van der Waals surface area (Å²) >= 11 is 0. The molecule has 1 saturated heterocycles. The summed E-state index contributed by atoms with van der Waals surface area (Å²) in [6.45, 7) is 4.59. The van der Waals surface area contributed by atoms with Crippen molar-refractivity contribution in [3.63, 3.8) is 0 Å². The molecule has 0 aromatic heterocycles. The van der Waals surface area contributed by atoms with Crippen LogP contribution in [0.4, 0.5) is 0 Å². The molecule has 1 heterocycles. The van der Waals surface area contributed by atoms with Gasteiger partial charge in [0, 0.05) is 11.6 Å². The van der Waals surface area contributed by atoms with Gasteiger partial charge in [-0.25, -0.2) is 0 Å². The number of carboxylic acid groups (broad SMARTS) is 1. The van der Waals surface area contributed by atoms with E-state index in [1.807, 2.05) is 18.7 Å². The molecule has 0 aliphatic carbocycles. The fourth-order valence-corrected chi connectivity index (χ4v) is 2.97. The molecule has 5 heteroatoms. The Morgan fingerprint density at radius 3 is 2.80 bits per heavy atom. The van der Waals surface area contributed by atoms with Gasteiger partial charge in [-0.2, -0.15) is 0 Å². The number of phenolic OH excluding ortho intramolecular Hbond substituents is 1. The average Bonchev–Trinajstić information content (AvgIpc) is 2.80. The van der Waals surface area contributed by atoms with Crippen molar-refractivity contribution in [1.82, 2.24) is 4.90 Å². The second-order valence-corrected chi connectivity index (χ2v) is 5.39. The first kappa shape index (κ1) is 14.7. The second-order valence-electron chi connectivity index (χ2n) is 5.39.